The predicted molar refractivity (Wildman–Crippen MR) is 94.6 cm³/mol. The Hall–Kier alpha value is -0.810. The van der Waals surface area contributed by atoms with Crippen LogP contribution in [0.1, 0.15) is 46.5 Å². The Morgan fingerprint density at radius 1 is 1.22 bits per heavy atom. The highest BCUT2D eigenvalue weighted by Crippen LogP contribution is 2.20. The molecule has 2 aliphatic rings. The molecule has 23 heavy (non-hydrogen) atoms. The number of hydrogen-bond acceptors (Lipinski definition) is 3. The quantitative estimate of drug-likeness (QED) is 0.798. The van der Waals surface area contributed by atoms with Gasteiger partial charge in [-0.1, -0.05) is 20.8 Å². The minimum Gasteiger partial charge on any atom is -0.354 e. The summed E-state index contributed by atoms with van der Waals surface area (Å²) in [5.41, 5.74) is 0. The van der Waals surface area contributed by atoms with Crippen LogP contribution in [0.25, 0.3) is 0 Å². The molecule has 6 heteroatoms. The number of amides is 2. The van der Waals surface area contributed by atoms with Gasteiger partial charge in [0.2, 0.25) is 11.8 Å². The smallest absolute Gasteiger partial charge is 0.237 e. The lowest BCUT2D eigenvalue weighted by Crippen LogP contribution is -2.48. The zero-order valence-corrected chi connectivity index (χ0v) is 15.5. The van der Waals surface area contributed by atoms with E-state index in [9.17, 15) is 9.59 Å². The fourth-order valence-electron chi connectivity index (χ4n) is 3.28. The fraction of sp³-hybridized carbons (Fsp3) is 0.882. The van der Waals surface area contributed by atoms with Gasteiger partial charge < -0.3 is 15.5 Å². The number of nitrogens with zero attached hydrogens (tertiary/aromatic N) is 1. The molecule has 0 radical (unpaired) electrons. The van der Waals surface area contributed by atoms with Gasteiger partial charge in [0.15, 0.2) is 0 Å². The van der Waals surface area contributed by atoms with E-state index in [1.54, 1.807) is 0 Å². The SMILES string of the molecule is CC(C)C(C)C(=O)N1CCCC(CNC(=O)C2CCCN2)C1.Cl. The Bertz CT molecular complexity index is 397. The second-order valence-corrected chi connectivity index (χ2v) is 7.22. The molecular formula is C17H32ClN3O2. The second-order valence-electron chi connectivity index (χ2n) is 7.22. The monoisotopic (exact) mass is 345 g/mol. The first-order valence-corrected chi connectivity index (χ1v) is 8.79. The van der Waals surface area contributed by atoms with Gasteiger partial charge in [-0.25, -0.2) is 0 Å². The van der Waals surface area contributed by atoms with Crippen molar-refractivity contribution < 1.29 is 9.59 Å². The lowest BCUT2D eigenvalue weighted by molar-refractivity contribution is -0.138. The molecule has 0 spiro atoms. The molecule has 2 saturated heterocycles. The second kappa shape index (κ2) is 9.48. The maximum atomic E-state index is 12.5. The molecule has 2 heterocycles. The van der Waals surface area contributed by atoms with Crippen LogP contribution in [0.5, 0.6) is 0 Å². The summed E-state index contributed by atoms with van der Waals surface area (Å²) in [6.07, 6.45) is 4.15. The molecular weight excluding hydrogens is 314 g/mol. The van der Waals surface area contributed by atoms with Gasteiger partial charge in [-0.15, -0.1) is 12.4 Å². The van der Waals surface area contributed by atoms with Crippen molar-refractivity contribution in [2.24, 2.45) is 17.8 Å². The molecule has 5 nitrogen and oxygen atoms in total. The third-order valence-electron chi connectivity index (χ3n) is 5.16. The maximum Gasteiger partial charge on any atom is 0.237 e. The van der Waals surface area contributed by atoms with Gasteiger partial charge in [0.05, 0.1) is 6.04 Å². The highest BCUT2D eigenvalue weighted by Gasteiger charge is 2.29. The summed E-state index contributed by atoms with van der Waals surface area (Å²) in [4.78, 5) is 26.5. The Morgan fingerprint density at radius 2 is 1.96 bits per heavy atom. The highest BCUT2D eigenvalue weighted by atomic mass is 35.5. The summed E-state index contributed by atoms with van der Waals surface area (Å²) in [5, 5.41) is 6.29. The summed E-state index contributed by atoms with van der Waals surface area (Å²) < 4.78 is 0. The molecule has 0 bridgehead atoms. The molecule has 0 aromatic heterocycles. The highest BCUT2D eigenvalue weighted by molar-refractivity contribution is 5.85. The zero-order valence-electron chi connectivity index (χ0n) is 14.6. The Labute approximate surface area is 146 Å². The average Bonchev–Trinajstić information content (AvgIpc) is 3.05. The largest absolute Gasteiger partial charge is 0.354 e. The zero-order chi connectivity index (χ0) is 16.1. The topological polar surface area (TPSA) is 61.4 Å². The van der Waals surface area contributed by atoms with Crippen molar-refractivity contribution >= 4 is 24.2 Å². The molecule has 3 atom stereocenters. The molecule has 0 aliphatic carbocycles. The van der Waals surface area contributed by atoms with Gasteiger partial charge in [0, 0.05) is 25.6 Å². The van der Waals surface area contributed by atoms with E-state index < -0.39 is 0 Å². The third-order valence-corrected chi connectivity index (χ3v) is 5.16. The molecule has 2 N–H and O–H groups in total. The van der Waals surface area contributed by atoms with E-state index in [0.717, 1.165) is 45.3 Å². The van der Waals surface area contributed by atoms with Gasteiger partial charge in [-0.3, -0.25) is 9.59 Å². The first-order chi connectivity index (χ1) is 10.5. The maximum absolute atomic E-state index is 12.5. The molecule has 2 aliphatic heterocycles. The average molecular weight is 346 g/mol. The Kier molecular flexibility index (Phi) is 8.34. The lowest BCUT2D eigenvalue weighted by atomic mass is 9.93. The number of nitrogens with one attached hydrogen (secondary N) is 2. The van der Waals surface area contributed by atoms with Gasteiger partial charge >= 0.3 is 0 Å². The van der Waals surface area contributed by atoms with Crippen molar-refractivity contribution in [1.29, 1.82) is 0 Å². The van der Waals surface area contributed by atoms with E-state index in [1.165, 1.54) is 0 Å². The van der Waals surface area contributed by atoms with Gasteiger partial charge in [-0.05, 0) is 44.1 Å². The van der Waals surface area contributed by atoms with Crippen LogP contribution in [-0.4, -0.2) is 48.9 Å². The number of likely N-dealkylation sites (tertiary alicyclic amines) is 1. The summed E-state index contributed by atoms with van der Waals surface area (Å²) >= 11 is 0. The van der Waals surface area contributed by atoms with Crippen LogP contribution in [0.3, 0.4) is 0 Å². The fourth-order valence-corrected chi connectivity index (χ4v) is 3.28. The van der Waals surface area contributed by atoms with E-state index in [4.69, 9.17) is 0 Å². The lowest BCUT2D eigenvalue weighted by Gasteiger charge is -2.35. The number of halogens is 1. The van der Waals surface area contributed by atoms with Crippen LogP contribution < -0.4 is 10.6 Å². The van der Waals surface area contributed by atoms with Crippen LogP contribution in [0.4, 0.5) is 0 Å². The number of carbonyl (C=O) groups is 2. The Balaban J connectivity index is 0.00000264. The molecule has 2 rings (SSSR count). The summed E-state index contributed by atoms with van der Waals surface area (Å²) in [7, 11) is 0. The van der Waals surface area contributed by atoms with E-state index in [0.29, 0.717) is 18.4 Å². The molecule has 2 amide bonds. The molecule has 3 unspecified atom stereocenters. The van der Waals surface area contributed by atoms with Crippen LogP contribution in [-0.2, 0) is 9.59 Å². The first kappa shape index (κ1) is 20.2. The number of piperidine rings is 1. The van der Waals surface area contributed by atoms with E-state index in [1.807, 2.05) is 11.8 Å². The molecule has 2 fully saturated rings. The standard InChI is InChI=1S/C17H31N3O2.ClH/c1-12(2)13(3)17(22)20-9-5-6-14(11-20)10-19-16(21)15-7-4-8-18-15;/h12-15,18H,4-11H2,1-3H3,(H,19,21);1H. The number of hydrogen-bond donors (Lipinski definition) is 2. The predicted octanol–water partition coefficient (Wildman–Crippen LogP) is 1.81. The van der Waals surface area contributed by atoms with E-state index >= 15 is 0 Å². The van der Waals surface area contributed by atoms with Crippen molar-refractivity contribution in [2.75, 3.05) is 26.2 Å². The Morgan fingerprint density at radius 3 is 2.57 bits per heavy atom. The van der Waals surface area contributed by atoms with Crippen LogP contribution in [0.15, 0.2) is 0 Å². The van der Waals surface area contributed by atoms with E-state index in [-0.39, 0.29) is 36.2 Å². The third kappa shape index (κ3) is 5.64. The van der Waals surface area contributed by atoms with E-state index in [2.05, 4.69) is 24.5 Å². The van der Waals surface area contributed by atoms with Gasteiger partial charge in [-0.2, -0.15) is 0 Å². The molecule has 134 valence electrons. The summed E-state index contributed by atoms with van der Waals surface area (Å²) in [5.74, 6) is 1.24. The summed E-state index contributed by atoms with van der Waals surface area (Å²) in [6, 6.07) is -0.0118. The minimum absolute atomic E-state index is 0. The van der Waals surface area contributed by atoms with Crippen molar-refractivity contribution in [3.05, 3.63) is 0 Å². The number of carbonyl (C=O) groups excluding carboxylic acids is 2. The minimum atomic E-state index is -0.0118. The van der Waals surface area contributed by atoms with Crippen molar-refractivity contribution in [1.82, 2.24) is 15.5 Å². The molecule has 0 saturated carbocycles. The van der Waals surface area contributed by atoms with Crippen molar-refractivity contribution in [2.45, 2.75) is 52.5 Å². The molecule has 0 aromatic carbocycles. The number of rotatable bonds is 5. The van der Waals surface area contributed by atoms with Crippen LogP contribution in [0.2, 0.25) is 0 Å². The normalized spacial score (nSPS) is 25.8. The van der Waals surface area contributed by atoms with Crippen molar-refractivity contribution in [3.63, 3.8) is 0 Å². The van der Waals surface area contributed by atoms with Crippen molar-refractivity contribution in [3.8, 4) is 0 Å². The van der Waals surface area contributed by atoms with Gasteiger partial charge in [0.1, 0.15) is 0 Å². The van der Waals surface area contributed by atoms with Gasteiger partial charge in [0.25, 0.3) is 0 Å². The molecule has 0 aromatic rings. The van der Waals surface area contributed by atoms with Crippen LogP contribution >= 0.6 is 12.4 Å². The first-order valence-electron chi connectivity index (χ1n) is 8.79. The van der Waals surface area contributed by atoms with Crippen LogP contribution in [0, 0.1) is 17.8 Å². The summed E-state index contributed by atoms with van der Waals surface area (Å²) in [6.45, 7) is 9.49.